The normalized spacial score (nSPS) is 15.7. The summed E-state index contributed by atoms with van der Waals surface area (Å²) in [5.41, 5.74) is 0. The summed E-state index contributed by atoms with van der Waals surface area (Å²) in [5.74, 6) is 0. The molecule has 0 rings (SSSR count). The van der Waals surface area contributed by atoms with Gasteiger partial charge in [0, 0.05) is 6.04 Å². The quantitative estimate of drug-likeness (QED) is 0.452. The van der Waals surface area contributed by atoms with E-state index >= 15 is 0 Å². The number of unbranched alkanes of at least 4 members (excludes halogenated alkanes) is 2. The molecule has 0 aliphatic rings. The molecule has 0 aliphatic carbocycles. The second kappa shape index (κ2) is 8.52. The molecule has 0 spiro atoms. The lowest BCUT2D eigenvalue weighted by Crippen LogP contribution is -2.36. The number of hydrogen-bond donors (Lipinski definition) is 2. The Hall–Kier alpha value is -0.0800. The molecule has 0 saturated heterocycles. The second-order valence-corrected chi connectivity index (χ2v) is 3.87. The van der Waals surface area contributed by atoms with Crippen LogP contribution in [0, 0.1) is 0 Å². The fraction of sp³-hybridized carbons (Fsp3) is 1.00. The van der Waals surface area contributed by atoms with Crippen molar-refractivity contribution in [2.75, 3.05) is 0 Å². The van der Waals surface area contributed by atoms with Crippen molar-refractivity contribution in [3.05, 3.63) is 0 Å². The van der Waals surface area contributed by atoms with Crippen molar-refractivity contribution in [1.82, 2.24) is 5.32 Å². The largest absolute Gasteiger partial charge is 0.379 e. The monoisotopic (exact) mass is 187 g/mol. The van der Waals surface area contributed by atoms with Crippen molar-refractivity contribution in [2.24, 2.45) is 0 Å². The van der Waals surface area contributed by atoms with Crippen LogP contribution in [-0.4, -0.2) is 17.4 Å². The van der Waals surface area contributed by atoms with Crippen molar-refractivity contribution < 1.29 is 5.11 Å². The van der Waals surface area contributed by atoms with Crippen LogP contribution >= 0.6 is 0 Å². The van der Waals surface area contributed by atoms with Crippen molar-refractivity contribution in [2.45, 2.75) is 71.6 Å². The van der Waals surface area contributed by atoms with E-state index in [1.165, 1.54) is 25.7 Å². The zero-order chi connectivity index (χ0) is 10.1. The highest BCUT2D eigenvalue weighted by atomic mass is 16.3. The van der Waals surface area contributed by atoms with Crippen LogP contribution in [0.15, 0.2) is 0 Å². The van der Waals surface area contributed by atoms with E-state index in [0.29, 0.717) is 6.04 Å². The molecule has 2 atom stereocenters. The first-order valence-electron chi connectivity index (χ1n) is 5.64. The van der Waals surface area contributed by atoms with Gasteiger partial charge in [-0.25, -0.2) is 0 Å². The maximum absolute atomic E-state index is 9.47. The van der Waals surface area contributed by atoms with Gasteiger partial charge >= 0.3 is 0 Å². The average molecular weight is 187 g/mol. The minimum absolute atomic E-state index is 0.304. The molecule has 0 radical (unpaired) electrons. The molecule has 0 saturated carbocycles. The zero-order valence-electron chi connectivity index (χ0n) is 9.34. The fourth-order valence-electron chi connectivity index (χ4n) is 1.47. The summed E-state index contributed by atoms with van der Waals surface area (Å²) in [6.07, 6.45) is 6.60. The number of nitrogens with one attached hydrogen (secondary N) is 1. The molecule has 2 heteroatoms. The third-order valence-electron chi connectivity index (χ3n) is 2.28. The number of rotatable bonds is 8. The first kappa shape index (κ1) is 12.9. The molecule has 0 aromatic rings. The average Bonchev–Trinajstić information content (AvgIpc) is 2.05. The molecule has 0 fully saturated rings. The molecule has 2 unspecified atom stereocenters. The van der Waals surface area contributed by atoms with Gasteiger partial charge in [-0.15, -0.1) is 0 Å². The third kappa shape index (κ3) is 8.26. The van der Waals surface area contributed by atoms with E-state index in [1.54, 1.807) is 0 Å². The number of aliphatic hydroxyl groups is 1. The Morgan fingerprint density at radius 1 is 1.08 bits per heavy atom. The molecule has 0 aromatic heterocycles. The summed E-state index contributed by atoms with van der Waals surface area (Å²) >= 11 is 0. The van der Waals surface area contributed by atoms with Gasteiger partial charge in [-0.05, 0) is 19.8 Å². The number of aliphatic hydroxyl groups excluding tert-OH is 1. The Morgan fingerprint density at radius 3 is 2.31 bits per heavy atom. The minimum Gasteiger partial charge on any atom is -0.379 e. The van der Waals surface area contributed by atoms with Gasteiger partial charge < -0.3 is 5.11 Å². The summed E-state index contributed by atoms with van der Waals surface area (Å²) in [4.78, 5) is 0. The highest BCUT2D eigenvalue weighted by Gasteiger charge is 2.06. The van der Waals surface area contributed by atoms with Crippen LogP contribution in [0.5, 0.6) is 0 Å². The van der Waals surface area contributed by atoms with Crippen LogP contribution in [0.2, 0.25) is 0 Å². The van der Waals surface area contributed by atoms with Crippen LogP contribution in [0.4, 0.5) is 0 Å². The van der Waals surface area contributed by atoms with Gasteiger partial charge in [0.1, 0.15) is 6.23 Å². The molecule has 0 amide bonds. The summed E-state index contributed by atoms with van der Waals surface area (Å²) < 4.78 is 0. The van der Waals surface area contributed by atoms with Gasteiger partial charge in [0.25, 0.3) is 0 Å². The Morgan fingerprint density at radius 2 is 1.77 bits per heavy atom. The molecule has 0 aliphatic heterocycles. The molecule has 80 valence electrons. The highest BCUT2D eigenvalue weighted by Crippen LogP contribution is 2.04. The van der Waals surface area contributed by atoms with Gasteiger partial charge in [0.15, 0.2) is 0 Å². The zero-order valence-corrected chi connectivity index (χ0v) is 9.34. The van der Waals surface area contributed by atoms with Crippen molar-refractivity contribution in [3.63, 3.8) is 0 Å². The van der Waals surface area contributed by atoms with E-state index in [0.717, 1.165) is 12.8 Å². The molecule has 0 heterocycles. The predicted molar refractivity (Wildman–Crippen MR) is 57.7 cm³/mol. The molecular formula is C11H25NO. The second-order valence-electron chi connectivity index (χ2n) is 3.87. The minimum atomic E-state index is -0.304. The molecule has 0 aromatic carbocycles. The van der Waals surface area contributed by atoms with Gasteiger partial charge in [0.05, 0.1) is 0 Å². The lowest BCUT2D eigenvalue weighted by Gasteiger charge is -2.18. The van der Waals surface area contributed by atoms with Crippen LogP contribution in [0.25, 0.3) is 0 Å². The molecule has 0 bridgehead atoms. The molecule has 13 heavy (non-hydrogen) atoms. The van der Waals surface area contributed by atoms with Crippen molar-refractivity contribution >= 4 is 0 Å². The van der Waals surface area contributed by atoms with Crippen LogP contribution in [-0.2, 0) is 0 Å². The molecule has 2 nitrogen and oxygen atoms in total. The lowest BCUT2D eigenvalue weighted by molar-refractivity contribution is 0.113. The highest BCUT2D eigenvalue weighted by molar-refractivity contribution is 4.62. The maximum atomic E-state index is 9.47. The predicted octanol–water partition coefficient (Wildman–Crippen LogP) is 2.66. The van der Waals surface area contributed by atoms with Crippen molar-refractivity contribution in [3.8, 4) is 0 Å². The van der Waals surface area contributed by atoms with E-state index in [1.807, 2.05) is 0 Å². The Labute approximate surface area is 82.7 Å². The van der Waals surface area contributed by atoms with E-state index < -0.39 is 0 Å². The molecular weight excluding hydrogens is 162 g/mol. The Bertz CT molecular complexity index is 106. The summed E-state index contributed by atoms with van der Waals surface area (Å²) in [6, 6.07) is 0.452. The Kier molecular flexibility index (Phi) is 8.46. The third-order valence-corrected chi connectivity index (χ3v) is 2.28. The topological polar surface area (TPSA) is 32.3 Å². The van der Waals surface area contributed by atoms with Crippen LogP contribution in [0.3, 0.4) is 0 Å². The van der Waals surface area contributed by atoms with E-state index in [-0.39, 0.29) is 6.23 Å². The Balaban J connectivity index is 3.32. The van der Waals surface area contributed by atoms with Gasteiger partial charge in [-0.1, -0.05) is 39.5 Å². The fourth-order valence-corrected chi connectivity index (χ4v) is 1.47. The first-order valence-corrected chi connectivity index (χ1v) is 5.64. The van der Waals surface area contributed by atoms with E-state index in [4.69, 9.17) is 0 Å². The van der Waals surface area contributed by atoms with E-state index in [2.05, 4.69) is 26.1 Å². The summed E-state index contributed by atoms with van der Waals surface area (Å²) in [6.45, 7) is 6.45. The van der Waals surface area contributed by atoms with Crippen LogP contribution < -0.4 is 5.32 Å². The standard InChI is InChI=1S/C11H25NO/c1-4-6-7-9-10(3)12-11(13)8-5-2/h10-13H,4-9H2,1-3H3. The smallest absolute Gasteiger partial charge is 0.105 e. The first-order chi connectivity index (χ1) is 6.20. The van der Waals surface area contributed by atoms with Crippen LogP contribution in [0.1, 0.15) is 59.3 Å². The SMILES string of the molecule is CCCCCC(C)NC(O)CCC. The van der Waals surface area contributed by atoms with Gasteiger partial charge in [-0.3, -0.25) is 5.32 Å². The molecule has 2 N–H and O–H groups in total. The summed E-state index contributed by atoms with van der Waals surface area (Å²) in [7, 11) is 0. The maximum Gasteiger partial charge on any atom is 0.105 e. The van der Waals surface area contributed by atoms with Gasteiger partial charge in [-0.2, -0.15) is 0 Å². The van der Waals surface area contributed by atoms with E-state index in [9.17, 15) is 5.11 Å². The lowest BCUT2D eigenvalue weighted by atomic mass is 10.1. The number of hydrogen-bond acceptors (Lipinski definition) is 2. The van der Waals surface area contributed by atoms with Gasteiger partial charge in [0.2, 0.25) is 0 Å². The summed E-state index contributed by atoms with van der Waals surface area (Å²) in [5, 5.41) is 12.7. The van der Waals surface area contributed by atoms with Crippen molar-refractivity contribution in [1.29, 1.82) is 0 Å².